The normalized spacial score (nSPS) is 13.1. The van der Waals surface area contributed by atoms with Crippen molar-refractivity contribution in [3.63, 3.8) is 0 Å². The third-order valence-electron chi connectivity index (χ3n) is 4.56. The first-order chi connectivity index (χ1) is 13.0. The summed E-state index contributed by atoms with van der Waals surface area (Å²) in [6.07, 6.45) is 2.36. The summed E-state index contributed by atoms with van der Waals surface area (Å²) in [6.45, 7) is 1.65. The van der Waals surface area contributed by atoms with Crippen molar-refractivity contribution in [1.82, 2.24) is 9.55 Å². The summed E-state index contributed by atoms with van der Waals surface area (Å²) in [7, 11) is 0. The molecule has 1 aromatic heterocycles. The molecule has 2 aromatic carbocycles. The Morgan fingerprint density at radius 2 is 2.07 bits per heavy atom. The van der Waals surface area contributed by atoms with Gasteiger partial charge in [-0.15, -0.1) is 0 Å². The molecule has 0 saturated carbocycles. The number of fused-ring (bicyclic) bond motifs is 2. The smallest absolute Gasteiger partial charge is 0.331 e. The number of carbonyl (C=O) groups excluding carboxylic acids is 2. The molecule has 0 spiro atoms. The summed E-state index contributed by atoms with van der Waals surface area (Å²) >= 11 is 0. The van der Waals surface area contributed by atoms with Crippen molar-refractivity contribution in [2.24, 2.45) is 0 Å². The molecule has 3 aromatic rings. The molecule has 7 heteroatoms. The lowest BCUT2D eigenvalue weighted by molar-refractivity contribution is -0.135. The van der Waals surface area contributed by atoms with Gasteiger partial charge in [0.1, 0.15) is 12.3 Å². The number of para-hydroxylation sites is 1. The van der Waals surface area contributed by atoms with Crippen molar-refractivity contribution < 1.29 is 14.3 Å². The van der Waals surface area contributed by atoms with E-state index in [0.717, 1.165) is 16.8 Å². The van der Waals surface area contributed by atoms with Crippen LogP contribution in [-0.2, 0) is 22.6 Å². The summed E-state index contributed by atoms with van der Waals surface area (Å²) in [4.78, 5) is 40.5. The zero-order valence-corrected chi connectivity index (χ0v) is 14.7. The van der Waals surface area contributed by atoms with Crippen LogP contribution in [0.3, 0.4) is 0 Å². The van der Waals surface area contributed by atoms with Crippen LogP contribution >= 0.6 is 0 Å². The van der Waals surface area contributed by atoms with Crippen molar-refractivity contribution in [3.8, 4) is 5.75 Å². The predicted molar refractivity (Wildman–Crippen MR) is 99.8 cm³/mol. The maximum atomic E-state index is 12.6. The van der Waals surface area contributed by atoms with Crippen LogP contribution in [0.4, 0.5) is 5.69 Å². The number of benzene rings is 2. The number of rotatable bonds is 3. The first-order valence-corrected chi connectivity index (χ1v) is 8.59. The van der Waals surface area contributed by atoms with E-state index in [-0.39, 0.29) is 18.0 Å². The van der Waals surface area contributed by atoms with Crippen molar-refractivity contribution in [3.05, 3.63) is 64.2 Å². The molecule has 1 aliphatic heterocycles. The summed E-state index contributed by atoms with van der Waals surface area (Å²) in [5, 5.41) is 3.24. The minimum absolute atomic E-state index is 0.0225. The summed E-state index contributed by atoms with van der Waals surface area (Å²) in [5.74, 6) is -0.205. The quantitative estimate of drug-likeness (QED) is 0.569. The SMILES string of the molecule is Cc1cccc2c(=O)n(CC(=O)Oc3ccc4c(c3)CCC(=O)N4)cnc12. The van der Waals surface area contributed by atoms with Crippen molar-refractivity contribution >= 4 is 28.5 Å². The van der Waals surface area contributed by atoms with Crippen molar-refractivity contribution in [1.29, 1.82) is 0 Å². The van der Waals surface area contributed by atoms with Gasteiger partial charge in [-0.25, -0.2) is 9.78 Å². The van der Waals surface area contributed by atoms with Crippen LogP contribution in [0.1, 0.15) is 17.5 Å². The number of amides is 1. The van der Waals surface area contributed by atoms with Crippen LogP contribution < -0.4 is 15.6 Å². The Morgan fingerprint density at radius 3 is 2.93 bits per heavy atom. The zero-order chi connectivity index (χ0) is 19.0. The lowest BCUT2D eigenvalue weighted by atomic mass is 10.0. The molecule has 0 bridgehead atoms. The fourth-order valence-electron chi connectivity index (χ4n) is 3.18. The van der Waals surface area contributed by atoms with E-state index in [4.69, 9.17) is 4.74 Å². The minimum Gasteiger partial charge on any atom is -0.425 e. The third kappa shape index (κ3) is 3.31. The molecular formula is C20H17N3O4. The van der Waals surface area contributed by atoms with E-state index in [0.29, 0.717) is 29.5 Å². The van der Waals surface area contributed by atoms with Gasteiger partial charge in [-0.2, -0.15) is 0 Å². The maximum Gasteiger partial charge on any atom is 0.331 e. The Bertz CT molecular complexity index is 1130. The number of hydrogen-bond donors (Lipinski definition) is 1. The molecule has 0 fully saturated rings. The number of esters is 1. The van der Waals surface area contributed by atoms with Gasteiger partial charge in [0, 0.05) is 12.1 Å². The predicted octanol–water partition coefficient (Wildman–Crippen LogP) is 2.20. The molecule has 0 unspecified atom stereocenters. The van der Waals surface area contributed by atoms with Gasteiger partial charge < -0.3 is 10.1 Å². The zero-order valence-electron chi connectivity index (χ0n) is 14.7. The minimum atomic E-state index is -0.564. The molecule has 1 N–H and O–H groups in total. The van der Waals surface area contributed by atoms with Crippen LogP contribution in [0, 0.1) is 6.92 Å². The van der Waals surface area contributed by atoms with E-state index in [1.807, 2.05) is 13.0 Å². The summed E-state index contributed by atoms with van der Waals surface area (Å²) < 4.78 is 6.60. The molecule has 0 radical (unpaired) electrons. The number of nitrogens with one attached hydrogen (secondary N) is 1. The highest BCUT2D eigenvalue weighted by Crippen LogP contribution is 2.26. The van der Waals surface area contributed by atoms with E-state index < -0.39 is 5.97 Å². The largest absolute Gasteiger partial charge is 0.425 e. The molecule has 7 nitrogen and oxygen atoms in total. The van der Waals surface area contributed by atoms with Gasteiger partial charge in [0.05, 0.1) is 17.2 Å². The number of carbonyl (C=O) groups is 2. The van der Waals surface area contributed by atoms with Gasteiger partial charge >= 0.3 is 5.97 Å². The van der Waals surface area contributed by atoms with Crippen LogP contribution in [0.2, 0.25) is 0 Å². The van der Waals surface area contributed by atoms with E-state index in [1.165, 1.54) is 10.9 Å². The molecule has 27 heavy (non-hydrogen) atoms. The number of aryl methyl sites for hydroxylation is 2. The van der Waals surface area contributed by atoms with E-state index in [1.54, 1.807) is 30.3 Å². The third-order valence-corrected chi connectivity index (χ3v) is 4.56. The second-order valence-corrected chi connectivity index (χ2v) is 6.49. The van der Waals surface area contributed by atoms with Gasteiger partial charge in [0.25, 0.3) is 5.56 Å². The average molecular weight is 363 g/mol. The highest BCUT2D eigenvalue weighted by atomic mass is 16.5. The highest BCUT2D eigenvalue weighted by Gasteiger charge is 2.16. The Balaban J connectivity index is 1.53. The van der Waals surface area contributed by atoms with Crippen LogP contribution in [0.25, 0.3) is 10.9 Å². The molecule has 4 rings (SSSR count). The molecule has 1 amide bonds. The van der Waals surface area contributed by atoms with Gasteiger partial charge in [-0.1, -0.05) is 12.1 Å². The van der Waals surface area contributed by atoms with Crippen LogP contribution in [0.5, 0.6) is 5.75 Å². The van der Waals surface area contributed by atoms with Gasteiger partial charge in [-0.05, 0) is 48.7 Å². The summed E-state index contributed by atoms with van der Waals surface area (Å²) in [6, 6.07) is 10.4. The number of anilines is 1. The number of aromatic nitrogens is 2. The number of ether oxygens (including phenoxy) is 1. The van der Waals surface area contributed by atoms with Crippen molar-refractivity contribution in [2.75, 3.05) is 5.32 Å². The van der Waals surface area contributed by atoms with E-state index >= 15 is 0 Å². The lowest BCUT2D eigenvalue weighted by Gasteiger charge is -2.17. The van der Waals surface area contributed by atoms with Gasteiger partial charge in [0.15, 0.2) is 0 Å². The first kappa shape index (κ1) is 17.0. The second kappa shape index (κ2) is 6.68. The van der Waals surface area contributed by atoms with Gasteiger partial charge in [0.2, 0.25) is 5.91 Å². The summed E-state index contributed by atoms with van der Waals surface area (Å²) in [5.41, 5.74) is 2.90. The maximum absolute atomic E-state index is 12.6. The van der Waals surface area contributed by atoms with E-state index in [2.05, 4.69) is 10.3 Å². The first-order valence-electron chi connectivity index (χ1n) is 8.59. The molecule has 2 heterocycles. The molecular weight excluding hydrogens is 346 g/mol. The number of hydrogen-bond acceptors (Lipinski definition) is 5. The van der Waals surface area contributed by atoms with Gasteiger partial charge in [-0.3, -0.25) is 14.2 Å². The Kier molecular flexibility index (Phi) is 4.19. The second-order valence-electron chi connectivity index (χ2n) is 6.49. The fraction of sp³-hybridized carbons (Fsp3) is 0.200. The van der Waals surface area contributed by atoms with Crippen LogP contribution in [-0.4, -0.2) is 21.4 Å². The fourth-order valence-corrected chi connectivity index (χ4v) is 3.18. The topological polar surface area (TPSA) is 90.3 Å². The Morgan fingerprint density at radius 1 is 1.22 bits per heavy atom. The highest BCUT2D eigenvalue weighted by molar-refractivity contribution is 5.94. The molecule has 1 aliphatic rings. The molecule has 136 valence electrons. The average Bonchev–Trinajstić information content (AvgIpc) is 2.65. The Labute approximate surface area is 154 Å². The molecule has 0 atom stereocenters. The number of nitrogens with zero attached hydrogens (tertiary/aromatic N) is 2. The lowest BCUT2D eigenvalue weighted by Crippen LogP contribution is -2.27. The standard InChI is InChI=1S/C20H17N3O4/c1-12-3-2-4-15-19(12)21-11-23(20(15)26)10-18(25)27-14-6-7-16-13(9-14)5-8-17(24)22-16/h2-4,6-7,9,11H,5,8,10H2,1H3,(H,22,24). The Hall–Kier alpha value is -3.48. The monoisotopic (exact) mass is 363 g/mol. The molecule has 0 saturated heterocycles. The molecule has 0 aliphatic carbocycles. The van der Waals surface area contributed by atoms with Crippen LogP contribution in [0.15, 0.2) is 47.5 Å². The van der Waals surface area contributed by atoms with Crippen molar-refractivity contribution in [2.45, 2.75) is 26.3 Å². The van der Waals surface area contributed by atoms with E-state index in [9.17, 15) is 14.4 Å².